The van der Waals surface area contributed by atoms with Crippen LogP contribution in [0.3, 0.4) is 0 Å². The Labute approximate surface area is 402 Å². The molecule has 0 spiro atoms. The summed E-state index contributed by atoms with van der Waals surface area (Å²) in [6, 6.07) is 0. The van der Waals surface area contributed by atoms with Gasteiger partial charge in [0.2, 0.25) is 0 Å². The predicted molar refractivity (Wildman–Crippen MR) is 270 cm³/mol. The summed E-state index contributed by atoms with van der Waals surface area (Å²) in [4.78, 5) is 48.2. The van der Waals surface area contributed by atoms with Gasteiger partial charge in [-0.1, -0.05) is 197 Å². The Morgan fingerprint density at radius 1 is 0.439 bits per heavy atom. The highest BCUT2D eigenvalue weighted by atomic mass is 31.2. The van der Waals surface area contributed by atoms with E-state index < -0.39 is 57.8 Å². The van der Waals surface area contributed by atoms with Crippen molar-refractivity contribution in [2.75, 3.05) is 26.4 Å². The SMILES string of the molecule is CC/C=C\C/C=C\C/C=C\C/C=C\CCC(=O)OCC(COP(=O)(O)OCC(CO)OC(=O)CCCCCCCCCCC)OC(=O)CCCCCCCCC/C=C\CCCCCCCC. The van der Waals surface area contributed by atoms with Gasteiger partial charge in [0, 0.05) is 19.3 Å². The molecule has 0 aromatic rings. The van der Waals surface area contributed by atoms with Crippen molar-refractivity contribution in [3.8, 4) is 0 Å². The Balaban J connectivity index is 4.81. The number of carbonyl (C=O) groups excluding carboxylic acids is 3. The molecule has 66 heavy (non-hydrogen) atoms. The predicted octanol–water partition coefficient (Wildman–Crippen LogP) is 14.8. The highest BCUT2D eigenvalue weighted by Gasteiger charge is 2.28. The Kier molecular flexibility index (Phi) is 46.6. The van der Waals surface area contributed by atoms with Gasteiger partial charge in [-0.3, -0.25) is 23.4 Å². The number of phosphoric acid groups is 1. The first-order chi connectivity index (χ1) is 32.2. The number of ether oxygens (including phenoxy) is 3. The standard InChI is InChI=1S/C54H95O11P/c1-4-7-10-13-16-19-21-23-24-25-26-28-30-33-36-39-42-45-54(58)65-51(47-61-52(56)43-40-37-34-32-29-27-22-20-17-14-11-8-5-2)49-63-66(59,60)62-48-50(46-55)64-53(57)44-41-38-35-31-18-15-12-9-6-3/h8,11,17,20,23-24,27,29,34,37,50-51,55H,4-7,9-10,12-16,18-19,21-22,25-26,28,30-33,35-36,38-49H2,1-3H3,(H,59,60)/b11-8-,20-17-,24-23-,29-27-,37-34-. The lowest BCUT2D eigenvalue weighted by Crippen LogP contribution is -2.30. The van der Waals surface area contributed by atoms with E-state index in [1.807, 2.05) is 12.2 Å². The summed E-state index contributed by atoms with van der Waals surface area (Å²) >= 11 is 0. The third-order valence-corrected chi connectivity index (χ3v) is 11.9. The zero-order valence-electron chi connectivity index (χ0n) is 41.9. The molecule has 0 amide bonds. The monoisotopic (exact) mass is 951 g/mol. The topological polar surface area (TPSA) is 155 Å². The Hall–Kier alpha value is -2.82. The van der Waals surface area contributed by atoms with Crippen LogP contribution in [0.25, 0.3) is 0 Å². The summed E-state index contributed by atoms with van der Waals surface area (Å²) in [5.41, 5.74) is 0. The van der Waals surface area contributed by atoms with Gasteiger partial charge in [-0.25, -0.2) is 4.57 Å². The number of allylic oxidation sites excluding steroid dienone is 10. The number of hydrogen-bond acceptors (Lipinski definition) is 10. The third-order valence-electron chi connectivity index (χ3n) is 10.9. The molecule has 0 bridgehead atoms. The van der Waals surface area contributed by atoms with Gasteiger partial charge in [0.05, 0.1) is 19.8 Å². The summed E-state index contributed by atoms with van der Waals surface area (Å²) < 4.78 is 39.2. The van der Waals surface area contributed by atoms with E-state index in [1.165, 1.54) is 89.9 Å². The summed E-state index contributed by atoms with van der Waals surface area (Å²) in [6.07, 6.45) is 50.7. The van der Waals surface area contributed by atoms with Crippen molar-refractivity contribution in [1.29, 1.82) is 0 Å². The number of aliphatic hydroxyl groups is 1. The largest absolute Gasteiger partial charge is 0.472 e. The zero-order chi connectivity index (χ0) is 48.4. The molecule has 3 atom stereocenters. The lowest BCUT2D eigenvalue weighted by molar-refractivity contribution is -0.161. The molecule has 0 aliphatic rings. The van der Waals surface area contributed by atoms with Crippen molar-refractivity contribution < 1.29 is 52.2 Å². The van der Waals surface area contributed by atoms with Crippen LogP contribution >= 0.6 is 7.82 Å². The fraction of sp³-hybridized carbons (Fsp3) is 0.759. The normalized spacial score (nSPS) is 14.0. The van der Waals surface area contributed by atoms with Gasteiger partial charge >= 0.3 is 25.7 Å². The van der Waals surface area contributed by atoms with E-state index >= 15 is 0 Å². The van der Waals surface area contributed by atoms with E-state index in [4.69, 9.17) is 23.3 Å². The fourth-order valence-corrected chi connectivity index (χ4v) is 7.74. The van der Waals surface area contributed by atoms with Crippen LogP contribution in [0, 0.1) is 0 Å². The van der Waals surface area contributed by atoms with Crippen molar-refractivity contribution >= 4 is 25.7 Å². The molecule has 0 saturated carbocycles. The number of unbranched alkanes of at least 4 members (excludes halogenated alkanes) is 21. The lowest BCUT2D eigenvalue weighted by Gasteiger charge is -2.21. The molecule has 0 aromatic heterocycles. The number of hydrogen-bond donors (Lipinski definition) is 2. The molecule has 0 radical (unpaired) electrons. The smallest absolute Gasteiger partial charge is 0.462 e. The second kappa shape index (κ2) is 48.6. The van der Waals surface area contributed by atoms with Gasteiger partial charge in [-0.2, -0.15) is 0 Å². The van der Waals surface area contributed by atoms with Crippen LogP contribution in [-0.2, 0) is 42.2 Å². The Morgan fingerprint density at radius 2 is 0.818 bits per heavy atom. The molecule has 0 aliphatic heterocycles. The van der Waals surface area contributed by atoms with Crippen LogP contribution in [0.1, 0.15) is 226 Å². The van der Waals surface area contributed by atoms with E-state index in [2.05, 4.69) is 69.4 Å². The first-order valence-electron chi connectivity index (χ1n) is 26.2. The van der Waals surface area contributed by atoms with Crippen LogP contribution in [0.4, 0.5) is 0 Å². The van der Waals surface area contributed by atoms with Crippen LogP contribution in [0.2, 0.25) is 0 Å². The van der Waals surface area contributed by atoms with Crippen molar-refractivity contribution in [2.24, 2.45) is 0 Å². The second-order valence-corrected chi connectivity index (χ2v) is 18.8. The summed E-state index contributed by atoms with van der Waals surface area (Å²) in [5.74, 6) is -1.57. The first-order valence-corrected chi connectivity index (χ1v) is 27.7. The Bertz CT molecular complexity index is 1340. The average Bonchev–Trinajstić information content (AvgIpc) is 3.30. The molecule has 382 valence electrons. The maximum atomic E-state index is 12.8. The average molecular weight is 951 g/mol. The minimum atomic E-state index is -4.75. The summed E-state index contributed by atoms with van der Waals surface area (Å²) in [6.45, 7) is 4.41. The molecule has 2 N–H and O–H groups in total. The molecule has 0 rings (SSSR count). The molecule has 0 heterocycles. The summed E-state index contributed by atoms with van der Waals surface area (Å²) in [5, 5.41) is 9.74. The molecule has 12 heteroatoms. The van der Waals surface area contributed by atoms with Gasteiger partial charge in [-0.15, -0.1) is 0 Å². The number of phosphoric ester groups is 1. The molecular weight excluding hydrogens is 856 g/mol. The number of carbonyl (C=O) groups is 3. The maximum Gasteiger partial charge on any atom is 0.472 e. The van der Waals surface area contributed by atoms with Gasteiger partial charge in [0.25, 0.3) is 0 Å². The van der Waals surface area contributed by atoms with Crippen LogP contribution in [0.5, 0.6) is 0 Å². The van der Waals surface area contributed by atoms with Crippen molar-refractivity contribution in [3.63, 3.8) is 0 Å². The molecule has 0 aliphatic carbocycles. The quantitative estimate of drug-likeness (QED) is 0.0197. The number of rotatable bonds is 48. The minimum Gasteiger partial charge on any atom is -0.462 e. The highest BCUT2D eigenvalue weighted by Crippen LogP contribution is 2.43. The minimum absolute atomic E-state index is 0.105. The van der Waals surface area contributed by atoms with Crippen molar-refractivity contribution in [2.45, 2.75) is 238 Å². The summed E-state index contributed by atoms with van der Waals surface area (Å²) in [7, 11) is -4.75. The number of esters is 3. The van der Waals surface area contributed by atoms with Crippen LogP contribution in [0.15, 0.2) is 60.8 Å². The first kappa shape index (κ1) is 63.2. The van der Waals surface area contributed by atoms with Gasteiger partial charge < -0.3 is 24.2 Å². The fourth-order valence-electron chi connectivity index (χ4n) is 6.95. The Morgan fingerprint density at radius 3 is 1.27 bits per heavy atom. The lowest BCUT2D eigenvalue weighted by atomic mass is 10.1. The van der Waals surface area contributed by atoms with Gasteiger partial charge in [0.1, 0.15) is 12.7 Å². The van der Waals surface area contributed by atoms with E-state index in [9.17, 15) is 28.9 Å². The maximum absolute atomic E-state index is 12.8. The number of aliphatic hydroxyl groups excluding tert-OH is 1. The highest BCUT2D eigenvalue weighted by molar-refractivity contribution is 7.47. The van der Waals surface area contributed by atoms with E-state index in [0.717, 1.165) is 77.0 Å². The molecule has 0 fully saturated rings. The van der Waals surface area contributed by atoms with Crippen LogP contribution < -0.4 is 0 Å². The van der Waals surface area contributed by atoms with Gasteiger partial charge in [0.15, 0.2) is 6.10 Å². The van der Waals surface area contributed by atoms with Gasteiger partial charge in [-0.05, 0) is 70.6 Å². The molecule has 11 nitrogen and oxygen atoms in total. The van der Waals surface area contributed by atoms with E-state index in [-0.39, 0.29) is 25.9 Å². The molecule has 0 aromatic carbocycles. The molecular formula is C54H95O11P. The third kappa shape index (κ3) is 46.3. The zero-order valence-corrected chi connectivity index (χ0v) is 42.8. The molecule has 0 saturated heterocycles. The van der Waals surface area contributed by atoms with Crippen molar-refractivity contribution in [1.82, 2.24) is 0 Å². The van der Waals surface area contributed by atoms with Crippen molar-refractivity contribution in [3.05, 3.63) is 60.8 Å². The van der Waals surface area contributed by atoms with Crippen LogP contribution in [-0.4, -0.2) is 66.5 Å². The molecule has 3 unspecified atom stereocenters. The second-order valence-electron chi connectivity index (χ2n) is 17.3. The van der Waals surface area contributed by atoms with E-state index in [1.54, 1.807) is 0 Å². The van der Waals surface area contributed by atoms with E-state index in [0.29, 0.717) is 19.3 Å².